The summed E-state index contributed by atoms with van der Waals surface area (Å²) in [6.45, 7) is 10.5. The lowest BCUT2D eigenvalue weighted by Gasteiger charge is -2.69. The highest BCUT2D eigenvalue weighted by Gasteiger charge is 2.76. The smallest absolute Gasteiger partial charge is 0.303 e. The van der Waals surface area contributed by atoms with Crippen molar-refractivity contribution >= 4 is 11.9 Å². The van der Waals surface area contributed by atoms with Crippen LogP contribution in [-0.4, -0.2) is 46.1 Å². The van der Waals surface area contributed by atoms with Crippen LogP contribution in [0.4, 0.5) is 0 Å². The number of carbonyl (C=O) groups is 2. The van der Waals surface area contributed by atoms with Gasteiger partial charge in [0.2, 0.25) is 0 Å². The van der Waals surface area contributed by atoms with Crippen LogP contribution in [0.1, 0.15) is 71.6 Å². The van der Waals surface area contributed by atoms with Crippen molar-refractivity contribution in [1.29, 1.82) is 0 Å². The van der Waals surface area contributed by atoms with E-state index in [0.717, 1.165) is 11.3 Å². The molecule has 2 fully saturated rings. The van der Waals surface area contributed by atoms with Gasteiger partial charge in [-0.05, 0) is 47.6 Å². The second-order valence-corrected chi connectivity index (χ2v) is 10.6. The predicted octanol–water partition coefficient (Wildman–Crippen LogP) is 2.97. The molecule has 8 atom stereocenters. The zero-order valence-electron chi connectivity index (χ0n) is 19.2. The molecule has 3 aliphatic rings. The first-order valence-corrected chi connectivity index (χ1v) is 11.2. The van der Waals surface area contributed by atoms with E-state index in [0.29, 0.717) is 19.3 Å². The van der Waals surface area contributed by atoms with Gasteiger partial charge in [0.15, 0.2) is 6.10 Å². The standard InChI is InChI=1S/C24H34O7/c1-12-15-8-10-29-17(15)11-16-19(12)20(27)21(31-14(3)26)24(28)22(4,5)9-7-18(23(16,24)6)30-13(2)25/h8,10,12,16,18-21,27-28H,7,9,11H2,1-6H3/t12-,16-,18-,19-,20+,21-,23-,24+/m0/s1. The van der Waals surface area contributed by atoms with Crippen molar-refractivity contribution in [3.05, 3.63) is 23.7 Å². The Morgan fingerprint density at radius 1 is 1.16 bits per heavy atom. The van der Waals surface area contributed by atoms with Gasteiger partial charge >= 0.3 is 11.9 Å². The van der Waals surface area contributed by atoms with Gasteiger partial charge in [-0.2, -0.15) is 0 Å². The molecule has 2 saturated carbocycles. The molecule has 0 aliphatic heterocycles. The van der Waals surface area contributed by atoms with E-state index in [2.05, 4.69) is 0 Å². The van der Waals surface area contributed by atoms with E-state index in [9.17, 15) is 19.8 Å². The van der Waals surface area contributed by atoms with Gasteiger partial charge in [0, 0.05) is 25.7 Å². The zero-order valence-corrected chi connectivity index (χ0v) is 19.2. The number of furan rings is 1. The molecule has 0 spiro atoms. The summed E-state index contributed by atoms with van der Waals surface area (Å²) in [4.78, 5) is 24.1. The molecule has 0 unspecified atom stereocenters. The van der Waals surface area contributed by atoms with Crippen molar-refractivity contribution in [2.75, 3.05) is 0 Å². The Labute approximate surface area is 183 Å². The van der Waals surface area contributed by atoms with Crippen LogP contribution in [0.3, 0.4) is 0 Å². The molecule has 1 aromatic rings. The highest BCUT2D eigenvalue weighted by Crippen LogP contribution is 2.67. The third-order valence-corrected chi connectivity index (χ3v) is 8.76. The summed E-state index contributed by atoms with van der Waals surface area (Å²) in [5, 5.41) is 24.1. The van der Waals surface area contributed by atoms with Crippen molar-refractivity contribution in [2.24, 2.45) is 22.7 Å². The summed E-state index contributed by atoms with van der Waals surface area (Å²) < 4.78 is 17.3. The molecule has 1 aromatic heterocycles. The number of esters is 2. The van der Waals surface area contributed by atoms with Gasteiger partial charge in [-0.25, -0.2) is 0 Å². The van der Waals surface area contributed by atoms with Crippen molar-refractivity contribution in [1.82, 2.24) is 0 Å². The van der Waals surface area contributed by atoms with Gasteiger partial charge < -0.3 is 24.1 Å². The van der Waals surface area contributed by atoms with Gasteiger partial charge in [0.1, 0.15) is 17.5 Å². The van der Waals surface area contributed by atoms with E-state index in [1.165, 1.54) is 13.8 Å². The Kier molecular flexibility index (Phi) is 5.10. The Morgan fingerprint density at radius 2 is 1.81 bits per heavy atom. The van der Waals surface area contributed by atoms with E-state index in [-0.39, 0.29) is 17.8 Å². The lowest BCUT2D eigenvalue weighted by Crippen LogP contribution is -2.80. The number of aliphatic hydroxyl groups excluding tert-OH is 1. The predicted molar refractivity (Wildman–Crippen MR) is 111 cm³/mol. The van der Waals surface area contributed by atoms with Gasteiger partial charge in [-0.3, -0.25) is 9.59 Å². The Hall–Kier alpha value is -1.86. The lowest BCUT2D eigenvalue weighted by molar-refractivity contribution is -0.338. The van der Waals surface area contributed by atoms with Crippen molar-refractivity contribution in [2.45, 2.75) is 90.6 Å². The largest absolute Gasteiger partial charge is 0.469 e. The first kappa shape index (κ1) is 22.3. The fourth-order valence-corrected chi connectivity index (χ4v) is 7.29. The molecule has 0 bridgehead atoms. The molecule has 0 radical (unpaired) electrons. The minimum absolute atomic E-state index is 0.0788. The van der Waals surface area contributed by atoms with Crippen molar-refractivity contribution in [3.63, 3.8) is 0 Å². The van der Waals surface area contributed by atoms with Gasteiger partial charge in [0.05, 0.1) is 12.4 Å². The average Bonchev–Trinajstić information content (AvgIpc) is 3.14. The van der Waals surface area contributed by atoms with E-state index < -0.39 is 46.7 Å². The normalized spacial score (nSPS) is 43.2. The fourth-order valence-electron chi connectivity index (χ4n) is 7.29. The topological polar surface area (TPSA) is 106 Å². The highest BCUT2D eigenvalue weighted by molar-refractivity contribution is 5.67. The van der Waals surface area contributed by atoms with Crippen LogP contribution in [0.15, 0.2) is 16.7 Å². The number of carbonyl (C=O) groups excluding carboxylic acids is 2. The second kappa shape index (κ2) is 7.07. The molecule has 0 saturated heterocycles. The van der Waals surface area contributed by atoms with Crippen LogP contribution in [0.25, 0.3) is 0 Å². The first-order chi connectivity index (χ1) is 14.4. The summed E-state index contributed by atoms with van der Waals surface area (Å²) in [6, 6.07) is 1.92. The molecule has 7 heteroatoms. The molecule has 172 valence electrons. The summed E-state index contributed by atoms with van der Waals surface area (Å²) >= 11 is 0. The quantitative estimate of drug-likeness (QED) is 0.689. The number of ether oxygens (including phenoxy) is 2. The lowest BCUT2D eigenvalue weighted by atomic mass is 9.39. The summed E-state index contributed by atoms with van der Waals surface area (Å²) in [5.74, 6) is -0.757. The minimum Gasteiger partial charge on any atom is -0.469 e. The third-order valence-electron chi connectivity index (χ3n) is 8.76. The molecule has 31 heavy (non-hydrogen) atoms. The van der Waals surface area contributed by atoms with Crippen molar-refractivity contribution < 1.29 is 33.7 Å². The molecule has 0 aromatic carbocycles. The Bertz CT molecular complexity index is 888. The Morgan fingerprint density at radius 3 is 2.42 bits per heavy atom. The summed E-state index contributed by atoms with van der Waals surface area (Å²) in [6.07, 6.45) is 0.508. The molecule has 0 amide bonds. The third kappa shape index (κ3) is 2.85. The number of hydrogen-bond donors (Lipinski definition) is 2. The summed E-state index contributed by atoms with van der Waals surface area (Å²) in [7, 11) is 0. The fraction of sp³-hybridized carbons (Fsp3) is 0.750. The number of rotatable bonds is 2. The van der Waals surface area contributed by atoms with Crippen LogP contribution >= 0.6 is 0 Å². The molecular weight excluding hydrogens is 400 g/mol. The average molecular weight is 435 g/mol. The number of fused-ring (bicyclic) bond motifs is 4. The molecular formula is C24H34O7. The van der Waals surface area contributed by atoms with Crippen molar-refractivity contribution in [3.8, 4) is 0 Å². The van der Waals surface area contributed by atoms with Gasteiger partial charge in [0.25, 0.3) is 0 Å². The van der Waals surface area contributed by atoms with Gasteiger partial charge in [-0.1, -0.05) is 27.7 Å². The number of aliphatic hydroxyl groups is 2. The van der Waals surface area contributed by atoms with E-state index >= 15 is 0 Å². The van der Waals surface area contributed by atoms with E-state index in [4.69, 9.17) is 13.9 Å². The van der Waals surface area contributed by atoms with Crippen LogP contribution in [0.2, 0.25) is 0 Å². The highest BCUT2D eigenvalue weighted by atomic mass is 16.6. The maximum absolute atomic E-state index is 12.5. The van der Waals surface area contributed by atoms with Crippen LogP contribution in [0, 0.1) is 22.7 Å². The van der Waals surface area contributed by atoms with E-state index in [1.54, 1.807) is 6.26 Å². The van der Waals surface area contributed by atoms with Gasteiger partial charge in [-0.15, -0.1) is 0 Å². The summed E-state index contributed by atoms with van der Waals surface area (Å²) in [5.41, 5.74) is -2.26. The Balaban J connectivity index is 1.96. The number of hydrogen-bond acceptors (Lipinski definition) is 7. The maximum Gasteiger partial charge on any atom is 0.303 e. The zero-order chi connectivity index (χ0) is 22.9. The SMILES string of the molecule is CC(=O)O[C@H]1CCC(C)(C)[C@]2(O)[C@@H](OC(C)=O)[C@H](O)[C@H]3[C@@H](C)c4ccoc4C[C@@H]3[C@@]12C. The monoisotopic (exact) mass is 434 g/mol. The first-order valence-electron chi connectivity index (χ1n) is 11.2. The minimum atomic E-state index is -1.62. The molecule has 2 N–H and O–H groups in total. The maximum atomic E-state index is 12.5. The van der Waals surface area contributed by atoms with Crippen LogP contribution in [-0.2, 0) is 25.5 Å². The van der Waals surface area contributed by atoms with Crippen LogP contribution in [0.5, 0.6) is 0 Å². The van der Waals surface area contributed by atoms with E-state index in [1.807, 2.05) is 33.8 Å². The van der Waals surface area contributed by atoms with Crippen LogP contribution < -0.4 is 0 Å². The molecule has 4 rings (SSSR count). The second-order valence-electron chi connectivity index (χ2n) is 10.6. The molecule has 7 nitrogen and oxygen atoms in total. The molecule has 1 heterocycles. The molecule has 3 aliphatic carbocycles.